The summed E-state index contributed by atoms with van der Waals surface area (Å²) in [4.78, 5) is 0.644. The Labute approximate surface area is 117 Å². The van der Waals surface area contributed by atoms with Gasteiger partial charge in [-0.25, -0.2) is 8.42 Å². The molecule has 1 aromatic rings. The van der Waals surface area contributed by atoms with Crippen molar-refractivity contribution in [2.75, 3.05) is 13.1 Å². The number of nitrogens with zero attached hydrogens (tertiary/aromatic N) is 1. The summed E-state index contributed by atoms with van der Waals surface area (Å²) in [5, 5.41) is 0. The second kappa shape index (κ2) is 5.72. The van der Waals surface area contributed by atoms with Gasteiger partial charge in [0.2, 0.25) is 10.0 Å². The van der Waals surface area contributed by atoms with E-state index in [4.69, 9.17) is 0 Å². The molecule has 1 unspecified atom stereocenters. The third-order valence-electron chi connectivity index (χ3n) is 3.29. The highest BCUT2D eigenvalue weighted by Crippen LogP contribution is 2.25. The second-order valence-electron chi connectivity index (χ2n) is 4.65. The van der Waals surface area contributed by atoms with Gasteiger partial charge in [-0.3, -0.25) is 0 Å². The van der Waals surface area contributed by atoms with Crippen LogP contribution in [-0.4, -0.2) is 25.8 Å². The fourth-order valence-corrected chi connectivity index (χ4v) is 3.98. The van der Waals surface area contributed by atoms with Crippen molar-refractivity contribution in [2.45, 2.75) is 35.9 Å². The third kappa shape index (κ3) is 2.95. The number of hydrogen-bond acceptors (Lipinski definition) is 2. The maximum absolute atomic E-state index is 12.4. The standard InChI is InChI=1S/C13H18BrNO2S/c1-11(14)12-5-7-13(8-6-12)18(16,17)15-9-3-2-4-10-15/h5-8,11H,2-4,9-10H2,1H3. The maximum atomic E-state index is 12.4. The van der Waals surface area contributed by atoms with E-state index in [1.54, 1.807) is 16.4 Å². The summed E-state index contributed by atoms with van der Waals surface area (Å²) in [6, 6.07) is 7.15. The van der Waals surface area contributed by atoms with E-state index in [1.807, 2.05) is 19.1 Å². The number of rotatable bonds is 3. The average Bonchev–Trinajstić information content (AvgIpc) is 2.40. The SMILES string of the molecule is CC(Br)c1ccc(S(=O)(=O)N2CCCCC2)cc1. The Balaban J connectivity index is 2.23. The molecule has 0 spiro atoms. The van der Waals surface area contributed by atoms with E-state index in [1.165, 1.54) is 0 Å². The zero-order valence-electron chi connectivity index (χ0n) is 10.5. The van der Waals surface area contributed by atoms with Crippen LogP contribution in [0.3, 0.4) is 0 Å². The molecule has 5 heteroatoms. The minimum absolute atomic E-state index is 0.240. The Morgan fingerprint density at radius 3 is 2.17 bits per heavy atom. The van der Waals surface area contributed by atoms with Crippen LogP contribution >= 0.6 is 15.9 Å². The van der Waals surface area contributed by atoms with Gasteiger partial charge in [-0.15, -0.1) is 0 Å². The number of alkyl halides is 1. The average molecular weight is 332 g/mol. The number of halogens is 1. The molecule has 3 nitrogen and oxygen atoms in total. The van der Waals surface area contributed by atoms with Gasteiger partial charge in [-0.2, -0.15) is 4.31 Å². The highest BCUT2D eigenvalue weighted by Gasteiger charge is 2.25. The maximum Gasteiger partial charge on any atom is 0.243 e. The first-order valence-corrected chi connectivity index (χ1v) is 8.61. The van der Waals surface area contributed by atoms with Crippen molar-refractivity contribution < 1.29 is 8.42 Å². The van der Waals surface area contributed by atoms with Gasteiger partial charge in [0.05, 0.1) is 4.90 Å². The van der Waals surface area contributed by atoms with E-state index in [9.17, 15) is 8.42 Å². The first-order chi connectivity index (χ1) is 8.51. The molecule has 1 heterocycles. The number of sulfonamides is 1. The Kier molecular flexibility index (Phi) is 4.45. The minimum atomic E-state index is -3.29. The molecule has 1 aliphatic rings. The van der Waals surface area contributed by atoms with Crippen LogP contribution in [0.25, 0.3) is 0 Å². The van der Waals surface area contributed by atoms with Gasteiger partial charge in [0.1, 0.15) is 0 Å². The van der Waals surface area contributed by atoms with Crippen LogP contribution in [0.5, 0.6) is 0 Å². The molecule has 1 atom stereocenters. The first kappa shape index (κ1) is 14.0. The van der Waals surface area contributed by atoms with Crippen LogP contribution < -0.4 is 0 Å². The van der Waals surface area contributed by atoms with Crippen molar-refractivity contribution in [1.29, 1.82) is 0 Å². The Morgan fingerprint density at radius 2 is 1.67 bits per heavy atom. The Bertz CT molecular complexity index is 490. The molecule has 0 bridgehead atoms. The topological polar surface area (TPSA) is 37.4 Å². The van der Waals surface area contributed by atoms with E-state index >= 15 is 0 Å². The van der Waals surface area contributed by atoms with Crippen LogP contribution in [-0.2, 0) is 10.0 Å². The van der Waals surface area contributed by atoms with Gasteiger partial charge in [0.25, 0.3) is 0 Å². The van der Waals surface area contributed by atoms with E-state index in [2.05, 4.69) is 15.9 Å². The molecule has 1 aliphatic heterocycles. The Hall–Kier alpha value is -0.390. The summed E-state index contributed by atoms with van der Waals surface area (Å²) in [6.07, 6.45) is 3.07. The molecule has 0 N–H and O–H groups in total. The quantitative estimate of drug-likeness (QED) is 0.797. The summed E-state index contributed by atoms with van der Waals surface area (Å²) < 4.78 is 26.4. The van der Waals surface area contributed by atoms with Crippen LogP contribution in [0.2, 0.25) is 0 Å². The number of hydrogen-bond donors (Lipinski definition) is 0. The Morgan fingerprint density at radius 1 is 1.11 bits per heavy atom. The minimum Gasteiger partial charge on any atom is -0.207 e. The summed E-state index contributed by atoms with van der Waals surface area (Å²) in [5.41, 5.74) is 1.09. The van der Waals surface area contributed by atoms with Crippen molar-refractivity contribution in [1.82, 2.24) is 4.31 Å². The van der Waals surface area contributed by atoms with E-state index in [0.29, 0.717) is 18.0 Å². The fourth-order valence-electron chi connectivity index (χ4n) is 2.16. The lowest BCUT2D eigenvalue weighted by Crippen LogP contribution is -2.35. The smallest absolute Gasteiger partial charge is 0.207 e. The molecule has 0 amide bonds. The van der Waals surface area contributed by atoms with E-state index < -0.39 is 10.0 Å². The van der Waals surface area contributed by atoms with E-state index in [-0.39, 0.29) is 4.83 Å². The zero-order chi connectivity index (χ0) is 13.2. The summed E-state index contributed by atoms with van der Waals surface area (Å²) in [5.74, 6) is 0. The lowest BCUT2D eigenvalue weighted by molar-refractivity contribution is 0.346. The fraction of sp³-hybridized carbons (Fsp3) is 0.538. The van der Waals surface area contributed by atoms with Crippen LogP contribution in [0.1, 0.15) is 36.6 Å². The monoisotopic (exact) mass is 331 g/mol. The largest absolute Gasteiger partial charge is 0.243 e. The van der Waals surface area contributed by atoms with Crippen LogP contribution in [0.15, 0.2) is 29.2 Å². The number of piperidine rings is 1. The predicted octanol–water partition coefficient (Wildman–Crippen LogP) is 3.32. The number of benzene rings is 1. The lowest BCUT2D eigenvalue weighted by atomic mass is 10.2. The molecule has 1 fully saturated rings. The summed E-state index contributed by atoms with van der Waals surface area (Å²) >= 11 is 3.47. The molecule has 2 rings (SSSR count). The molecule has 100 valence electrons. The van der Waals surface area contributed by atoms with Crippen molar-refractivity contribution in [3.8, 4) is 0 Å². The molecule has 0 aliphatic carbocycles. The van der Waals surface area contributed by atoms with Gasteiger partial charge in [-0.1, -0.05) is 34.5 Å². The highest BCUT2D eigenvalue weighted by atomic mass is 79.9. The molecule has 0 radical (unpaired) electrons. The van der Waals surface area contributed by atoms with Crippen LogP contribution in [0.4, 0.5) is 0 Å². The second-order valence-corrected chi connectivity index (χ2v) is 7.96. The van der Waals surface area contributed by atoms with Crippen molar-refractivity contribution >= 4 is 26.0 Å². The molecule has 0 aromatic heterocycles. The third-order valence-corrected chi connectivity index (χ3v) is 5.73. The zero-order valence-corrected chi connectivity index (χ0v) is 12.9. The molecule has 1 saturated heterocycles. The van der Waals surface area contributed by atoms with Gasteiger partial charge in [-0.05, 0) is 37.5 Å². The van der Waals surface area contributed by atoms with Gasteiger partial charge in [0, 0.05) is 17.9 Å². The van der Waals surface area contributed by atoms with Crippen molar-refractivity contribution in [2.24, 2.45) is 0 Å². The normalized spacial score (nSPS) is 19.7. The molecular formula is C13H18BrNO2S. The predicted molar refractivity (Wildman–Crippen MR) is 76.4 cm³/mol. The van der Waals surface area contributed by atoms with Gasteiger partial charge in [0.15, 0.2) is 0 Å². The van der Waals surface area contributed by atoms with Gasteiger partial charge >= 0.3 is 0 Å². The molecule has 18 heavy (non-hydrogen) atoms. The van der Waals surface area contributed by atoms with Crippen molar-refractivity contribution in [3.05, 3.63) is 29.8 Å². The van der Waals surface area contributed by atoms with Crippen molar-refractivity contribution in [3.63, 3.8) is 0 Å². The summed E-state index contributed by atoms with van der Waals surface area (Å²) in [7, 11) is -3.29. The summed E-state index contributed by atoms with van der Waals surface area (Å²) in [6.45, 7) is 3.33. The van der Waals surface area contributed by atoms with E-state index in [0.717, 1.165) is 24.8 Å². The highest BCUT2D eigenvalue weighted by molar-refractivity contribution is 9.09. The molecular weight excluding hydrogens is 314 g/mol. The van der Waals surface area contributed by atoms with Gasteiger partial charge < -0.3 is 0 Å². The molecule has 0 saturated carbocycles. The van der Waals surface area contributed by atoms with Crippen LogP contribution in [0, 0.1) is 0 Å². The first-order valence-electron chi connectivity index (χ1n) is 6.26. The lowest BCUT2D eigenvalue weighted by Gasteiger charge is -2.25. The molecule has 1 aromatic carbocycles.